The molecule has 1 saturated heterocycles. The Morgan fingerprint density at radius 1 is 1.11 bits per heavy atom. The molecule has 188 valence electrons. The van der Waals surface area contributed by atoms with Crippen molar-refractivity contribution in [2.24, 2.45) is 5.73 Å². The van der Waals surface area contributed by atoms with Crippen molar-refractivity contribution in [2.75, 3.05) is 37.2 Å². The predicted octanol–water partition coefficient (Wildman–Crippen LogP) is 2.73. The van der Waals surface area contributed by atoms with Crippen molar-refractivity contribution in [1.29, 1.82) is 0 Å². The first-order valence-electron chi connectivity index (χ1n) is 11.1. The molecule has 2 aromatic rings. The van der Waals surface area contributed by atoms with E-state index in [2.05, 4.69) is 20.6 Å². The Kier molecular flexibility index (Phi) is 8.98. The molecule has 0 saturated carbocycles. The zero-order valence-electron chi connectivity index (χ0n) is 19.0. The molecule has 35 heavy (non-hydrogen) atoms. The number of piperidine rings is 1. The highest BCUT2D eigenvalue weighted by Crippen LogP contribution is 2.34. The summed E-state index contributed by atoms with van der Waals surface area (Å²) in [7, 11) is -3.61. The molecule has 3 aliphatic rings. The van der Waals surface area contributed by atoms with E-state index in [-0.39, 0.29) is 35.7 Å². The summed E-state index contributed by atoms with van der Waals surface area (Å²) < 4.78 is 39.8. The second kappa shape index (κ2) is 11.7. The molecule has 2 aliphatic carbocycles. The van der Waals surface area contributed by atoms with Gasteiger partial charge < -0.3 is 22.1 Å². The van der Waals surface area contributed by atoms with Crippen LogP contribution < -0.4 is 22.1 Å². The monoisotopic (exact) mass is 521 g/mol. The quantitative estimate of drug-likeness (QED) is 0.291. The van der Waals surface area contributed by atoms with Crippen LogP contribution in [0.5, 0.6) is 0 Å². The normalized spacial score (nSPS) is 14.5. The number of nitrogen functional groups attached to an aromatic ring is 1. The number of sulfonamides is 1. The van der Waals surface area contributed by atoms with E-state index in [1.54, 1.807) is 42.6 Å². The molecular weight excluding hydrogens is 493 g/mol. The van der Waals surface area contributed by atoms with Crippen LogP contribution in [0.1, 0.15) is 12.8 Å². The van der Waals surface area contributed by atoms with Crippen LogP contribution in [0.2, 0.25) is 0 Å². The molecule has 0 atom stereocenters. The Bertz CT molecular complexity index is 1240. The number of fused-ring (bicyclic) bond motifs is 1. The van der Waals surface area contributed by atoms with Gasteiger partial charge in [-0.2, -0.15) is 9.29 Å². The average Bonchev–Trinajstić information content (AvgIpc) is 2.82. The number of hydrogen-bond acceptors (Lipinski definition) is 8. The third-order valence-corrected chi connectivity index (χ3v) is 7.71. The Morgan fingerprint density at radius 3 is 2.31 bits per heavy atom. The molecule has 0 bridgehead atoms. The topological polar surface area (TPSA) is 139 Å². The van der Waals surface area contributed by atoms with Crippen molar-refractivity contribution in [3.05, 3.63) is 60.5 Å². The first-order chi connectivity index (χ1) is 16.4. The molecule has 1 fully saturated rings. The summed E-state index contributed by atoms with van der Waals surface area (Å²) in [6, 6.07) is 13.3. The molecule has 2 heterocycles. The highest BCUT2D eigenvalue weighted by molar-refractivity contribution is 7.89. The van der Waals surface area contributed by atoms with E-state index >= 15 is 0 Å². The Hall–Kier alpha value is -2.83. The molecule has 0 amide bonds. The minimum atomic E-state index is -3.61. The van der Waals surface area contributed by atoms with Gasteiger partial charge in [-0.25, -0.2) is 17.8 Å². The molecule has 1 aromatic carbocycles. The highest BCUT2D eigenvalue weighted by Gasteiger charge is 2.31. The van der Waals surface area contributed by atoms with Gasteiger partial charge in [-0.3, -0.25) is 0 Å². The maximum atomic E-state index is 13.1. The van der Waals surface area contributed by atoms with Gasteiger partial charge in [-0.05, 0) is 67.9 Å². The largest absolute Gasteiger partial charge is 0.384 e. The fraction of sp³-hybridized carbons (Fsp3) is 0.304. The van der Waals surface area contributed by atoms with Crippen LogP contribution in [0.3, 0.4) is 0 Å². The van der Waals surface area contributed by atoms with Crippen molar-refractivity contribution in [1.82, 2.24) is 19.6 Å². The number of nitrogens with two attached hydrogens (primary N) is 2. The molecule has 0 unspecified atom stereocenters. The van der Waals surface area contributed by atoms with Crippen LogP contribution in [0.25, 0.3) is 11.1 Å². The number of benzene rings is 2. The van der Waals surface area contributed by atoms with Crippen molar-refractivity contribution >= 4 is 39.9 Å². The van der Waals surface area contributed by atoms with Gasteiger partial charge in [-0.15, -0.1) is 12.4 Å². The van der Waals surface area contributed by atoms with E-state index in [0.29, 0.717) is 24.0 Å². The third kappa shape index (κ3) is 6.24. The van der Waals surface area contributed by atoms with E-state index in [1.165, 1.54) is 10.4 Å². The number of nitrogens with zero attached hydrogens (tertiary/aromatic N) is 3. The zero-order chi connectivity index (χ0) is 24.1. The van der Waals surface area contributed by atoms with E-state index < -0.39 is 10.0 Å². The molecule has 12 heteroatoms. The number of anilines is 3. The van der Waals surface area contributed by atoms with Gasteiger partial charge >= 0.3 is 0 Å². The molecule has 6 N–H and O–H groups in total. The lowest BCUT2D eigenvalue weighted by Gasteiger charge is -2.33. The van der Waals surface area contributed by atoms with E-state index in [0.717, 1.165) is 37.1 Å². The lowest BCUT2D eigenvalue weighted by Crippen LogP contribution is -2.47. The second-order valence-electron chi connectivity index (χ2n) is 8.03. The number of aromatic nitrogens is 2. The predicted molar refractivity (Wildman–Crippen MR) is 138 cm³/mol. The van der Waals surface area contributed by atoms with Crippen molar-refractivity contribution in [2.45, 2.75) is 23.8 Å². The molecule has 5 rings (SSSR count). The van der Waals surface area contributed by atoms with Crippen LogP contribution in [0, 0.1) is 5.82 Å². The van der Waals surface area contributed by atoms with Gasteiger partial charge in [0.15, 0.2) is 0 Å². The summed E-state index contributed by atoms with van der Waals surface area (Å²) in [6.45, 7) is 2.22. The van der Waals surface area contributed by atoms with Crippen molar-refractivity contribution < 1.29 is 12.8 Å². The number of hydrogen-bond donors (Lipinski definition) is 4. The molecule has 1 aromatic heterocycles. The number of nitrogens with one attached hydrogen (secondary N) is 2. The summed E-state index contributed by atoms with van der Waals surface area (Å²) >= 11 is 0. The summed E-state index contributed by atoms with van der Waals surface area (Å²) in [6.07, 6.45) is 3.12. The second-order valence-corrected chi connectivity index (χ2v) is 9.93. The Balaban J connectivity index is 0.000000362. The minimum Gasteiger partial charge on any atom is -0.384 e. The fourth-order valence-corrected chi connectivity index (χ4v) is 5.57. The van der Waals surface area contributed by atoms with Crippen LogP contribution in [-0.4, -0.2) is 54.9 Å². The van der Waals surface area contributed by atoms with Gasteiger partial charge in [0.05, 0.1) is 4.90 Å². The van der Waals surface area contributed by atoms with Gasteiger partial charge in [-0.1, -0.05) is 12.1 Å². The van der Waals surface area contributed by atoms with E-state index in [9.17, 15) is 12.8 Å². The fourth-order valence-electron chi connectivity index (χ4n) is 3.87. The van der Waals surface area contributed by atoms with Crippen LogP contribution in [-0.2, 0) is 10.0 Å². The van der Waals surface area contributed by atoms with Crippen molar-refractivity contribution in [3.8, 4) is 11.1 Å². The van der Waals surface area contributed by atoms with E-state index in [4.69, 9.17) is 11.5 Å². The minimum absolute atomic E-state index is 0. The van der Waals surface area contributed by atoms with Crippen LogP contribution >= 0.6 is 12.4 Å². The zero-order valence-corrected chi connectivity index (χ0v) is 20.7. The molecule has 0 spiro atoms. The highest BCUT2D eigenvalue weighted by atomic mass is 35.5. The average molecular weight is 522 g/mol. The first kappa shape index (κ1) is 26.8. The molecular formula is C23H29ClFN7O2S. The lowest BCUT2D eigenvalue weighted by molar-refractivity contribution is 0.266. The van der Waals surface area contributed by atoms with Gasteiger partial charge in [0.25, 0.3) is 0 Å². The standard InChI is InChI=1S/C17H25N7O2S.C6H3F.ClH/c18-8-12-24(14-5-9-20-10-6-14)27(25,26)15-3-1-13(2-4-15)22-17-21-11-7-16(19)23-17;7-6-3-4-1-2-5(4)6;/h1-4,7,11,14,20H,5-6,8-10,12,18H2,(H3,19,21,22,23);1-3H;1H. The summed E-state index contributed by atoms with van der Waals surface area (Å²) in [5.74, 6) is 0.647. The summed E-state index contributed by atoms with van der Waals surface area (Å²) in [5.41, 5.74) is 13.9. The maximum Gasteiger partial charge on any atom is 0.243 e. The summed E-state index contributed by atoms with van der Waals surface area (Å²) in [5, 5.41) is 6.26. The summed E-state index contributed by atoms with van der Waals surface area (Å²) in [4.78, 5) is 8.38. The Morgan fingerprint density at radius 2 is 1.83 bits per heavy atom. The van der Waals surface area contributed by atoms with Gasteiger partial charge in [0.1, 0.15) is 11.6 Å². The lowest BCUT2D eigenvalue weighted by atomic mass is 9.93. The Labute approximate surface area is 210 Å². The van der Waals surface area contributed by atoms with Crippen molar-refractivity contribution in [3.63, 3.8) is 0 Å². The molecule has 9 nitrogen and oxygen atoms in total. The van der Waals surface area contributed by atoms with Gasteiger partial charge in [0, 0.05) is 36.6 Å². The molecule has 0 radical (unpaired) electrons. The van der Waals surface area contributed by atoms with E-state index in [1.807, 2.05) is 6.07 Å². The number of halogens is 2. The third-order valence-electron chi connectivity index (χ3n) is 5.74. The maximum absolute atomic E-state index is 13.1. The van der Waals surface area contributed by atoms with Crippen LogP contribution in [0.15, 0.2) is 59.6 Å². The van der Waals surface area contributed by atoms with Gasteiger partial charge in [0.2, 0.25) is 16.0 Å². The first-order valence-corrected chi connectivity index (χ1v) is 12.5. The SMILES string of the molecule is Cl.Fc1cc2ccc1-2.NCCN(C1CCNCC1)S(=O)(=O)c1ccc(Nc2nccc(N)n2)cc1. The van der Waals surface area contributed by atoms with Crippen LogP contribution in [0.4, 0.5) is 21.8 Å². The number of rotatable bonds is 7. The smallest absolute Gasteiger partial charge is 0.243 e. The molecule has 1 aliphatic heterocycles.